The van der Waals surface area contributed by atoms with Crippen LogP contribution in [0.2, 0.25) is 0 Å². The first-order chi connectivity index (χ1) is 14.4. The van der Waals surface area contributed by atoms with Gasteiger partial charge in [-0.2, -0.15) is 0 Å². The van der Waals surface area contributed by atoms with Gasteiger partial charge in [-0.15, -0.1) is 0 Å². The van der Waals surface area contributed by atoms with Gasteiger partial charge in [0.05, 0.1) is 18.1 Å². The normalized spacial score (nSPS) is 11.4. The van der Waals surface area contributed by atoms with Gasteiger partial charge in [-0.1, -0.05) is 42.5 Å². The molecule has 30 heavy (non-hydrogen) atoms. The Hall–Kier alpha value is -3.87. The van der Waals surface area contributed by atoms with E-state index in [1.165, 1.54) is 25.3 Å². The van der Waals surface area contributed by atoms with Crippen molar-refractivity contribution >= 4 is 17.3 Å². The van der Waals surface area contributed by atoms with Crippen molar-refractivity contribution in [3.05, 3.63) is 93.5 Å². The van der Waals surface area contributed by atoms with E-state index in [0.29, 0.717) is 17.0 Å². The van der Waals surface area contributed by atoms with Crippen molar-refractivity contribution in [3.63, 3.8) is 0 Å². The van der Waals surface area contributed by atoms with E-state index >= 15 is 0 Å². The molecule has 0 bridgehead atoms. The van der Waals surface area contributed by atoms with Crippen molar-refractivity contribution in [2.45, 2.75) is 20.0 Å². The van der Waals surface area contributed by atoms with Gasteiger partial charge in [0.2, 0.25) is 6.10 Å². The highest BCUT2D eigenvalue weighted by Crippen LogP contribution is 2.35. The van der Waals surface area contributed by atoms with Crippen LogP contribution in [0.4, 0.5) is 11.4 Å². The molecule has 154 valence electrons. The van der Waals surface area contributed by atoms with Gasteiger partial charge < -0.3 is 14.8 Å². The molecule has 0 saturated heterocycles. The lowest BCUT2D eigenvalue weighted by Crippen LogP contribution is -2.26. The zero-order chi connectivity index (χ0) is 21.7. The summed E-state index contributed by atoms with van der Waals surface area (Å²) in [6.45, 7) is 3.84. The molecule has 0 aliphatic rings. The molecule has 0 aliphatic carbocycles. The summed E-state index contributed by atoms with van der Waals surface area (Å²) in [7, 11) is 1.43. The molecule has 0 unspecified atom stereocenters. The van der Waals surface area contributed by atoms with Gasteiger partial charge >= 0.3 is 0 Å². The minimum Gasteiger partial charge on any atom is -0.493 e. The molecule has 7 nitrogen and oxygen atoms in total. The Bertz CT molecular complexity index is 1070. The maximum atomic E-state index is 13.2. The van der Waals surface area contributed by atoms with Gasteiger partial charge in [0, 0.05) is 17.3 Å². The first kappa shape index (κ1) is 20.9. The van der Waals surface area contributed by atoms with E-state index in [1.54, 1.807) is 24.3 Å². The van der Waals surface area contributed by atoms with Crippen LogP contribution in [0, 0.1) is 24.0 Å². The topological polar surface area (TPSA) is 90.7 Å². The van der Waals surface area contributed by atoms with Gasteiger partial charge in [-0.25, -0.2) is 0 Å². The molecule has 0 heterocycles. The lowest BCUT2D eigenvalue weighted by molar-refractivity contribution is -0.385. The molecule has 3 rings (SSSR count). The summed E-state index contributed by atoms with van der Waals surface area (Å²) < 4.78 is 11.2. The van der Waals surface area contributed by atoms with Crippen molar-refractivity contribution in [2.24, 2.45) is 0 Å². The Kier molecular flexibility index (Phi) is 6.32. The zero-order valence-electron chi connectivity index (χ0n) is 16.9. The highest BCUT2D eigenvalue weighted by molar-refractivity contribution is 5.95. The third-order valence-electron chi connectivity index (χ3n) is 4.59. The third kappa shape index (κ3) is 4.75. The summed E-state index contributed by atoms with van der Waals surface area (Å²) in [5.41, 5.74) is 3.04. The molecule has 3 aromatic carbocycles. The molecule has 0 aromatic heterocycles. The SMILES string of the molecule is COc1ccc([N+](=O)[O-])cc1O[C@@H](C(=O)Nc1cc(C)ccc1C)c1ccccc1. The van der Waals surface area contributed by atoms with Gasteiger partial charge in [-0.05, 0) is 37.1 Å². The molecule has 1 atom stereocenters. The molecule has 1 amide bonds. The average molecular weight is 406 g/mol. The summed E-state index contributed by atoms with van der Waals surface area (Å²) >= 11 is 0. The molecule has 3 aromatic rings. The van der Waals surface area contributed by atoms with Gasteiger partial charge in [0.15, 0.2) is 11.5 Å². The fourth-order valence-electron chi connectivity index (χ4n) is 2.97. The number of carbonyl (C=O) groups excluding carboxylic acids is 1. The first-order valence-corrected chi connectivity index (χ1v) is 9.31. The zero-order valence-corrected chi connectivity index (χ0v) is 16.9. The number of non-ortho nitro benzene ring substituents is 1. The second-order valence-electron chi connectivity index (χ2n) is 6.81. The lowest BCUT2D eigenvalue weighted by Gasteiger charge is -2.21. The maximum absolute atomic E-state index is 13.2. The van der Waals surface area contributed by atoms with Crippen molar-refractivity contribution in [1.29, 1.82) is 0 Å². The van der Waals surface area contributed by atoms with Crippen molar-refractivity contribution in [1.82, 2.24) is 0 Å². The number of hydrogen-bond acceptors (Lipinski definition) is 5. The standard InChI is InChI=1S/C23H22N2O5/c1-15-9-10-16(2)19(13-15)24-23(26)22(17-7-5-4-6-8-17)30-21-14-18(25(27)28)11-12-20(21)29-3/h4-14,22H,1-3H3,(H,24,26)/t22-/m1/s1. The largest absolute Gasteiger partial charge is 0.493 e. The number of nitro benzene ring substituents is 1. The summed E-state index contributed by atoms with van der Waals surface area (Å²) in [5, 5.41) is 14.1. The average Bonchev–Trinajstić information content (AvgIpc) is 2.74. The number of nitro groups is 1. The number of benzene rings is 3. The number of nitrogens with one attached hydrogen (secondary N) is 1. The second kappa shape index (κ2) is 9.09. The summed E-state index contributed by atoms with van der Waals surface area (Å²) in [6, 6.07) is 18.7. The van der Waals surface area contributed by atoms with Crippen LogP contribution in [-0.4, -0.2) is 17.9 Å². The van der Waals surface area contributed by atoms with Crippen LogP contribution >= 0.6 is 0 Å². The van der Waals surface area contributed by atoms with Crippen molar-refractivity contribution in [2.75, 3.05) is 12.4 Å². The van der Waals surface area contributed by atoms with Crippen LogP contribution in [0.15, 0.2) is 66.7 Å². The monoisotopic (exact) mass is 406 g/mol. The predicted molar refractivity (Wildman–Crippen MR) is 114 cm³/mol. The van der Waals surface area contributed by atoms with Crippen molar-refractivity contribution in [3.8, 4) is 11.5 Å². The lowest BCUT2D eigenvalue weighted by atomic mass is 10.1. The van der Waals surface area contributed by atoms with Crippen LogP contribution in [0.5, 0.6) is 11.5 Å². The van der Waals surface area contributed by atoms with Crippen LogP contribution in [0.3, 0.4) is 0 Å². The molecular formula is C23H22N2O5. The number of methoxy groups -OCH3 is 1. The minimum absolute atomic E-state index is 0.108. The predicted octanol–water partition coefficient (Wildman–Crippen LogP) is 4.98. The molecule has 1 N–H and O–H groups in total. The Morgan fingerprint density at radius 3 is 2.40 bits per heavy atom. The highest BCUT2D eigenvalue weighted by atomic mass is 16.6. The molecule has 0 radical (unpaired) electrons. The van der Waals surface area contributed by atoms with Crippen LogP contribution in [0.1, 0.15) is 22.8 Å². The van der Waals surface area contributed by atoms with Gasteiger partial charge in [0.25, 0.3) is 11.6 Å². The molecule has 0 saturated carbocycles. The molecule has 0 aliphatic heterocycles. The number of amides is 1. The van der Waals surface area contributed by atoms with E-state index in [1.807, 2.05) is 38.1 Å². The van der Waals surface area contributed by atoms with Crippen LogP contribution in [0.25, 0.3) is 0 Å². The Morgan fingerprint density at radius 1 is 1.00 bits per heavy atom. The van der Waals surface area contributed by atoms with E-state index in [2.05, 4.69) is 5.32 Å². The summed E-state index contributed by atoms with van der Waals surface area (Å²) in [4.78, 5) is 23.8. The van der Waals surface area contributed by atoms with Gasteiger partial charge in [0.1, 0.15) is 0 Å². The number of hydrogen-bond donors (Lipinski definition) is 1. The van der Waals surface area contributed by atoms with Crippen molar-refractivity contribution < 1.29 is 19.2 Å². The number of carbonyl (C=O) groups is 1. The highest BCUT2D eigenvalue weighted by Gasteiger charge is 2.26. The molecule has 7 heteroatoms. The van der Waals surface area contributed by atoms with Crippen LogP contribution < -0.4 is 14.8 Å². The fourth-order valence-corrected chi connectivity index (χ4v) is 2.97. The molecule has 0 spiro atoms. The molecular weight excluding hydrogens is 384 g/mol. The van der Waals surface area contributed by atoms with Gasteiger partial charge in [-0.3, -0.25) is 14.9 Å². The number of aryl methyl sites for hydroxylation is 2. The minimum atomic E-state index is -1.04. The fraction of sp³-hybridized carbons (Fsp3) is 0.174. The number of rotatable bonds is 7. The molecule has 0 fully saturated rings. The Balaban J connectivity index is 1.98. The first-order valence-electron chi connectivity index (χ1n) is 9.31. The Morgan fingerprint density at radius 2 is 1.73 bits per heavy atom. The number of anilines is 1. The summed E-state index contributed by atoms with van der Waals surface area (Å²) in [6.07, 6.45) is -1.04. The van der Waals surface area contributed by atoms with E-state index in [9.17, 15) is 14.9 Å². The second-order valence-corrected chi connectivity index (χ2v) is 6.81. The van der Waals surface area contributed by atoms with E-state index < -0.39 is 16.9 Å². The Labute approximate surface area is 174 Å². The van der Waals surface area contributed by atoms with E-state index in [0.717, 1.165) is 11.1 Å². The maximum Gasteiger partial charge on any atom is 0.273 e. The van der Waals surface area contributed by atoms with Crippen LogP contribution in [-0.2, 0) is 4.79 Å². The number of ether oxygens (including phenoxy) is 2. The smallest absolute Gasteiger partial charge is 0.273 e. The third-order valence-corrected chi connectivity index (χ3v) is 4.59. The summed E-state index contributed by atoms with van der Waals surface area (Å²) in [5.74, 6) is 0.00111. The quantitative estimate of drug-likeness (QED) is 0.441. The number of nitrogens with zero attached hydrogens (tertiary/aromatic N) is 1. The van der Waals surface area contributed by atoms with E-state index in [4.69, 9.17) is 9.47 Å². The van der Waals surface area contributed by atoms with E-state index in [-0.39, 0.29) is 11.4 Å².